The molecule has 0 spiro atoms. The number of hydrogen-bond acceptors (Lipinski definition) is 1. The molecule has 0 unspecified atom stereocenters. The summed E-state index contributed by atoms with van der Waals surface area (Å²) in [6.45, 7) is 8.85. The van der Waals surface area contributed by atoms with Crippen molar-refractivity contribution in [2.24, 2.45) is 0 Å². The fraction of sp³-hybridized carbons (Fsp3) is 0.615. The summed E-state index contributed by atoms with van der Waals surface area (Å²) in [6.07, 6.45) is 7.05. The van der Waals surface area contributed by atoms with Gasteiger partial charge in [-0.1, -0.05) is 30.2 Å². The minimum atomic E-state index is 0.114. The topological polar surface area (TPSA) is 29.1 Å². The highest BCUT2D eigenvalue weighted by Crippen LogP contribution is 2.05. The van der Waals surface area contributed by atoms with Crippen molar-refractivity contribution >= 4 is 5.91 Å². The van der Waals surface area contributed by atoms with Gasteiger partial charge in [-0.05, 0) is 33.6 Å². The van der Waals surface area contributed by atoms with Crippen molar-refractivity contribution in [2.75, 3.05) is 6.54 Å². The molecule has 0 aromatic rings. The van der Waals surface area contributed by atoms with E-state index in [4.69, 9.17) is 0 Å². The predicted molar refractivity (Wildman–Crippen MR) is 65.7 cm³/mol. The maximum atomic E-state index is 10.9. The Kier molecular flexibility index (Phi) is 7.69. The average molecular weight is 209 g/mol. The van der Waals surface area contributed by atoms with Gasteiger partial charge in [0.05, 0.1) is 0 Å². The maximum Gasteiger partial charge on any atom is 0.219 e. The first-order chi connectivity index (χ1) is 7.06. The van der Waals surface area contributed by atoms with Gasteiger partial charge in [-0.15, -0.1) is 0 Å². The fourth-order valence-electron chi connectivity index (χ4n) is 1.15. The molecule has 0 radical (unpaired) electrons. The first kappa shape index (κ1) is 13.9. The second-order valence-corrected chi connectivity index (χ2v) is 4.03. The Labute approximate surface area is 93.5 Å². The van der Waals surface area contributed by atoms with Crippen molar-refractivity contribution in [3.05, 3.63) is 23.3 Å². The number of carbonyl (C=O) groups excluding carboxylic acids is 1. The van der Waals surface area contributed by atoms with E-state index >= 15 is 0 Å². The van der Waals surface area contributed by atoms with Crippen LogP contribution in [0.2, 0.25) is 0 Å². The van der Waals surface area contributed by atoms with Gasteiger partial charge >= 0.3 is 0 Å². The summed E-state index contributed by atoms with van der Waals surface area (Å²) in [7, 11) is 0. The van der Waals surface area contributed by atoms with Crippen LogP contribution < -0.4 is 5.32 Å². The SMILES string of the molecule is CCC(=O)NCC=C(C)CCC=C(C)C. The first-order valence-corrected chi connectivity index (χ1v) is 5.62. The van der Waals surface area contributed by atoms with Crippen LogP contribution in [0.5, 0.6) is 0 Å². The molecule has 0 rings (SSSR count). The first-order valence-electron chi connectivity index (χ1n) is 5.62. The highest BCUT2D eigenvalue weighted by Gasteiger charge is 1.93. The van der Waals surface area contributed by atoms with Crippen LogP contribution in [0.1, 0.15) is 47.0 Å². The molecule has 0 aliphatic rings. The minimum absolute atomic E-state index is 0.114. The second kappa shape index (κ2) is 8.27. The second-order valence-electron chi connectivity index (χ2n) is 4.03. The van der Waals surface area contributed by atoms with Crippen LogP contribution in [-0.4, -0.2) is 12.5 Å². The summed E-state index contributed by atoms with van der Waals surface area (Å²) < 4.78 is 0. The van der Waals surface area contributed by atoms with Gasteiger partial charge in [-0.25, -0.2) is 0 Å². The number of carbonyl (C=O) groups is 1. The van der Waals surface area contributed by atoms with Crippen LogP contribution in [0.25, 0.3) is 0 Å². The summed E-state index contributed by atoms with van der Waals surface area (Å²) in [5.74, 6) is 0.114. The Morgan fingerprint density at radius 1 is 1.20 bits per heavy atom. The summed E-state index contributed by atoms with van der Waals surface area (Å²) in [4.78, 5) is 10.9. The largest absolute Gasteiger partial charge is 0.353 e. The predicted octanol–water partition coefficient (Wildman–Crippen LogP) is 3.21. The minimum Gasteiger partial charge on any atom is -0.353 e. The van der Waals surface area contributed by atoms with E-state index in [0.29, 0.717) is 13.0 Å². The molecule has 0 aromatic carbocycles. The molecule has 1 amide bonds. The molecular formula is C13H23NO. The molecule has 0 aliphatic carbocycles. The van der Waals surface area contributed by atoms with E-state index in [0.717, 1.165) is 12.8 Å². The van der Waals surface area contributed by atoms with Gasteiger partial charge in [0.2, 0.25) is 5.91 Å². The zero-order chi connectivity index (χ0) is 11.7. The lowest BCUT2D eigenvalue weighted by Gasteiger charge is -2.01. The smallest absolute Gasteiger partial charge is 0.219 e. The van der Waals surface area contributed by atoms with Gasteiger partial charge in [0.25, 0.3) is 0 Å². The van der Waals surface area contributed by atoms with E-state index in [1.54, 1.807) is 0 Å². The van der Waals surface area contributed by atoms with Crippen LogP contribution >= 0.6 is 0 Å². The van der Waals surface area contributed by atoms with E-state index in [1.807, 2.05) is 6.92 Å². The summed E-state index contributed by atoms with van der Waals surface area (Å²) >= 11 is 0. The molecule has 2 heteroatoms. The quantitative estimate of drug-likeness (QED) is 0.669. The molecule has 0 atom stereocenters. The number of nitrogens with one attached hydrogen (secondary N) is 1. The summed E-state index contributed by atoms with van der Waals surface area (Å²) in [6, 6.07) is 0. The molecule has 0 saturated carbocycles. The third-order valence-electron chi connectivity index (χ3n) is 2.16. The van der Waals surface area contributed by atoms with E-state index in [-0.39, 0.29) is 5.91 Å². The lowest BCUT2D eigenvalue weighted by molar-refractivity contribution is -0.120. The third kappa shape index (κ3) is 9.26. The highest BCUT2D eigenvalue weighted by molar-refractivity contribution is 5.75. The molecule has 0 heterocycles. The molecule has 0 aliphatic heterocycles. The third-order valence-corrected chi connectivity index (χ3v) is 2.16. The molecule has 15 heavy (non-hydrogen) atoms. The van der Waals surface area contributed by atoms with Crippen molar-refractivity contribution < 1.29 is 4.79 Å². The zero-order valence-corrected chi connectivity index (χ0v) is 10.4. The van der Waals surface area contributed by atoms with Crippen molar-refractivity contribution in [3.8, 4) is 0 Å². The lowest BCUT2D eigenvalue weighted by Crippen LogP contribution is -2.22. The van der Waals surface area contributed by atoms with Gasteiger partial charge in [0.15, 0.2) is 0 Å². The average Bonchev–Trinajstić information content (AvgIpc) is 2.17. The number of rotatable bonds is 6. The summed E-state index contributed by atoms with van der Waals surface area (Å²) in [5, 5.41) is 2.83. The Bertz CT molecular complexity index is 247. The van der Waals surface area contributed by atoms with Gasteiger partial charge in [0, 0.05) is 13.0 Å². The lowest BCUT2D eigenvalue weighted by atomic mass is 10.1. The Balaban J connectivity index is 3.70. The maximum absolute atomic E-state index is 10.9. The Morgan fingerprint density at radius 2 is 1.87 bits per heavy atom. The van der Waals surface area contributed by atoms with E-state index in [1.165, 1.54) is 11.1 Å². The molecule has 0 aromatic heterocycles. The molecule has 0 fully saturated rings. The van der Waals surface area contributed by atoms with Crippen LogP contribution in [0.3, 0.4) is 0 Å². The Morgan fingerprint density at radius 3 is 2.40 bits per heavy atom. The number of amides is 1. The van der Waals surface area contributed by atoms with Crippen molar-refractivity contribution in [3.63, 3.8) is 0 Å². The molecule has 2 nitrogen and oxygen atoms in total. The van der Waals surface area contributed by atoms with Crippen molar-refractivity contribution in [1.29, 1.82) is 0 Å². The molecule has 0 bridgehead atoms. The van der Waals surface area contributed by atoms with E-state index < -0.39 is 0 Å². The van der Waals surface area contributed by atoms with E-state index in [9.17, 15) is 4.79 Å². The highest BCUT2D eigenvalue weighted by atomic mass is 16.1. The van der Waals surface area contributed by atoms with Crippen LogP contribution in [0.15, 0.2) is 23.3 Å². The fourth-order valence-corrected chi connectivity index (χ4v) is 1.15. The Hall–Kier alpha value is -1.05. The molecule has 86 valence electrons. The molecule has 1 N–H and O–H groups in total. The summed E-state index contributed by atoms with van der Waals surface area (Å²) in [5.41, 5.74) is 2.70. The van der Waals surface area contributed by atoms with Crippen LogP contribution in [0, 0.1) is 0 Å². The van der Waals surface area contributed by atoms with E-state index in [2.05, 4.69) is 38.2 Å². The monoisotopic (exact) mass is 209 g/mol. The van der Waals surface area contributed by atoms with Crippen molar-refractivity contribution in [2.45, 2.75) is 47.0 Å². The van der Waals surface area contributed by atoms with Gasteiger partial charge in [-0.3, -0.25) is 4.79 Å². The van der Waals surface area contributed by atoms with Gasteiger partial charge in [-0.2, -0.15) is 0 Å². The molecular weight excluding hydrogens is 186 g/mol. The number of allylic oxidation sites excluding steroid dienone is 3. The van der Waals surface area contributed by atoms with Crippen LogP contribution in [0.4, 0.5) is 0 Å². The van der Waals surface area contributed by atoms with Gasteiger partial charge in [0.1, 0.15) is 0 Å². The van der Waals surface area contributed by atoms with Gasteiger partial charge < -0.3 is 5.32 Å². The number of hydrogen-bond donors (Lipinski definition) is 1. The standard InChI is InChI=1S/C13H23NO/c1-5-13(15)14-10-9-12(4)8-6-7-11(2)3/h7,9H,5-6,8,10H2,1-4H3,(H,14,15). The van der Waals surface area contributed by atoms with Crippen LogP contribution in [-0.2, 0) is 4.79 Å². The van der Waals surface area contributed by atoms with Crippen molar-refractivity contribution in [1.82, 2.24) is 5.32 Å². The molecule has 0 saturated heterocycles. The zero-order valence-electron chi connectivity index (χ0n) is 10.4. The normalized spacial score (nSPS) is 11.1.